The third-order valence-corrected chi connectivity index (χ3v) is 5.80. The Bertz CT molecular complexity index is 1450. The summed E-state index contributed by atoms with van der Waals surface area (Å²) in [5.74, 6) is 0. The molecule has 0 saturated carbocycles. The third-order valence-electron chi connectivity index (χ3n) is 5.80. The molecule has 0 amide bonds. The summed E-state index contributed by atoms with van der Waals surface area (Å²) in [6.45, 7) is -1.99. The first-order valence-corrected chi connectivity index (χ1v) is 9.40. The summed E-state index contributed by atoms with van der Waals surface area (Å²) in [5, 5.41) is 1.11. The number of hydrogen-bond acceptors (Lipinski definition) is 1. The van der Waals surface area contributed by atoms with Crippen LogP contribution in [-0.2, 0) is 12.5 Å². The van der Waals surface area contributed by atoms with Gasteiger partial charge >= 0.3 is 0 Å². The first-order valence-electron chi connectivity index (χ1n) is 12.4. The summed E-state index contributed by atoms with van der Waals surface area (Å²) in [4.78, 5) is 4.52. The highest BCUT2D eigenvalue weighted by Gasteiger charge is 2.38. The fourth-order valence-electron chi connectivity index (χ4n) is 4.32. The Hall–Kier alpha value is -3.00. The van der Waals surface area contributed by atoms with Crippen molar-refractivity contribution in [2.24, 2.45) is 7.05 Å². The molecule has 4 aromatic rings. The number of rotatable bonds is 1. The van der Waals surface area contributed by atoms with Crippen molar-refractivity contribution < 1.29 is 12.8 Å². The number of pyridine rings is 2. The molecule has 0 fully saturated rings. The predicted molar refractivity (Wildman–Crippen MR) is 115 cm³/mol. The topological polar surface area (TPSA) is 16.8 Å². The van der Waals surface area contributed by atoms with Gasteiger partial charge in [-0.05, 0) is 54.8 Å². The summed E-state index contributed by atoms with van der Waals surface area (Å²) < 4.78 is 52.5. The molecular formula is C26H25N2+. The molecule has 0 radical (unpaired) electrons. The molecule has 1 aliphatic rings. The standard InChI is InChI=1S/C26H25N2/c1-16-14-22-21(19-12-10-17(2)27-25(19)26(22,3)4)15-20(16)24-13-11-18-8-6-7-9-23(18)28(24)5/h6-15H,1-5H3/q+1/i3D3,4D3. The minimum Gasteiger partial charge on any atom is -0.257 e. The number of aryl methyl sites for hydroxylation is 3. The van der Waals surface area contributed by atoms with Gasteiger partial charge in [0, 0.05) is 48.0 Å². The Morgan fingerprint density at radius 2 is 1.71 bits per heavy atom. The summed E-state index contributed by atoms with van der Waals surface area (Å²) in [5.41, 5.74) is 3.75. The maximum absolute atomic E-state index is 8.41. The lowest BCUT2D eigenvalue weighted by Crippen LogP contribution is -2.32. The van der Waals surface area contributed by atoms with Gasteiger partial charge in [0.05, 0.1) is 5.69 Å². The van der Waals surface area contributed by atoms with Gasteiger partial charge in [-0.3, -0.25) is 4.98 Å². The van der Waals surface area contributed by atoms with Crippen molar-refractivity contribution >= 4 is 10.9 Å². The molecule has 2 heterocycles. The lowest BCUT2D eigenvalue weighted by atomic mass is 9.83. The fraction of sp³-hybridized carbons (Fsp3) is 0.231. The van der Waals surface area contributed by atoms with Crippen LogP contribution in [-0.4, -0.2) is 4.98 Å². The van der Waals surface area contributed by atoms with Crippen molar-refractivity contribution in [1.29, 1.82) is 0 Å². The van der Waals surface area contributed by atoms with E-state index < -0.39 is 19.1 Å². The van der Waals surface area contributed by atoms with Crippen LogP contribution >= 0.6 is 0 Å². The molecule has 2 nitrogen and oxygen atoms in total. The maximum atomic E-state index is 8.41. The number of benzene rings is 2. The van der Waals surface area contributed by atoms with Crippen LogP contribution in [0.15, 0.2) is 60.7 Å². The molecule has 0 unspecified atom stereocenters. The van der Waals surface area contributed by atoms with Crippen LogP contribution in [0.4, 0.5) is 0 Å². The molecule has 0 atom stereocenters. The second-order valence-electron chi connectivity index (χ2n) is 7.65. The maximum Gasteiger partial charge on any atom is 0.213 e. The van der Waals surface area contributed by atoms with Gasteiger partial charge < -0.3 is 0 Å². The van der Waals surface area contributed by atoms with E-state index in [1.54, 1.807) is 25.1 Å². The smallest absolute Gasteiger partial charge is 0.213 e. The third kappa shape index (κ3) is 2.27. The van der Waals surface area contributed by atoms with E-state index in [1.165, 1.54) is 0 Å². The summed E-state index contributed by atoms with van der Waals surface area (Å²) >= 11 is 0. The van der Waals surface area contributed by atoms with Crippen LogP contribution in [0.3, 0.4) is 0 Å². The van der Waals surface area contributed by atoms with E-state index in [0.29, 0.717) is 22.4 Å². The lowest BCUT2D eigenvalue weighted by molar-refractivity contribution is -0.633. The summed E-state index contributed by atoms with van der Waals surface area (Å²) in [6, 6.07) is 19.5. The van der Waals surface area contributed by atoms with Crippen molar-refractivity contribution in [2.75, 3.05) is 0 Å². The molecule has 28 heavy (non-hydrogen) atoms. The van der Waals surface area contributed by atoms with Crippen LogP contribution in [0.5, 0.6) is 0 Å². The van der Waals surface area contributed by atoms with Gasteiger partial charge in [-0.2, -0.15) is 4.57 Å². The zero-order chi connectivity index (χ0) is 24.6. The molecule has 5 rings (SSSR count). The lowest BCUT2D eigenvalue weighted by Gasteiger charge is -2.21. The van der Waals surface area contributed by atoms with Crippen molar-refractivity contribution in [3.63, 3.8) is 0 Å². The monoisotopic (exact) mass is 371 g/mol. The Morgan fingerprint density at radius 3 is 2.54 bits per heavy atom. The summed E-state index contributed by atoms with van der Waals surface area (Å²) in [6.07, 6.45) is 0. The van der Waals surface area contributed by atoms with E-state index in [9.17, 15) is 0 Å². The average molecular weight is 372 g/mol. The van der Waals surface area contributed by atoms with Crippen molar-refractivity contribution in [1.82, 2.24) is 4.98 Å². The number of hydrogen-bond donors (Lipinski definition) is 0. The number of para-hydroxylation sites is 1. The van der Waals surface area contributed by atoms with Crippen molar-refractivity contribution in [3.05, 3.63) is 83.2 Å². The van der Waals surface area contributed by atoms with E-state index in [-0.39, 0.29) is 5.69 Å². The number of aromatic nitrogens is 2. The van der Waals surface area contributed by atoms with E-state index >= 15 is 0 Å². The van der Waals surface area contributed by atoms with E-state index in [4.69, 9.17) is 8.22 Å². The Labute approximate surface area is 174 Å². The highest BCUT2D eigenvalue weighted by molar-refractivity contribution is 5.85. The minimum absolute atomic E-state index is 0.113. The number of nitrogens with zero attached hydrogens (tertiary/aromatic N) is 2. The zero-order valence-electron chi connectivity index (χ0n) is 22.2. The highest BCUT2D eigenvalue weighted by Crippen LogP contribution is 2.49. The van der Waals surface area contributed by atoms with E-state index in [2.05, 4.69) is 27.8 Å². The van der Waals surface area contributed by atoms with Gasteiger partial charge in [0.2, 0.25) is 11.2 Å². The van der Waals surface area contributed by atoms with Crippen LogP contribution in [0, 0.1) is 13.8 Å². The fourth-order valence-corrected chi connectivity index (χ4v) is 4.32. The molecule has 138 valence electrons. The normalized spacial score (nSPS) is 18.2. The van der Waals surface area contributed by atoms with Crippen LogP contribution < -0.4 is 4.57 Å². The average Bonchev–Trinajstić information content (AvgIpc) is 3.03. The van der Waals surface area contributed by atoms with Gasteiger partial charge in [-0.1, -0.05) is 38.0 Å². The largest absolute Gasteiger partial charge is 0.257 e. The second-order valence-corrected chi connectivity index (χ2v) is 7.65. The SMILES string of the molecule is [2H]C([2H])([2H])C1(C([2H])([2H])[2H])c2cc(C)c(-c3ccc4ccccc4[n+]3C)cc2-c2ccc(C)nc21. The van der Waals surface area contributed by atoms with Gasteiger partial charge in [-0.15, -0.1) is 0 Å². The molecule has 1 aliphatic carbocycles. The molecule has 2 aromatic heterocycles. The summed E-state index contributed by atoms with van der Waals surface area (Å²) in [7, 11) is 2.00. The zero-order valence-corrected chi connectivity index (χ0v) is 16.2. The Kier molecular flexibility index (Phi) is 2.41. The minimum atomic E-state index is -2.82. The highest BCUT2D eigenvalue weighted by atomic mass is 14.9. The molecule has 0 spiro atoms. The predicted octanol–water partition coefficient (Wildman–Crippen LogP) is 5.65. The molecule has 2 heteroatoms. The Morgan fingerprint density at radius 1 is 0.893 bits per heavy atom. The van der Waals surface area contributed by atoms with Gasteiger partial charge in [0.1, 0.15) is 7.05 Å². The molecule has 0 N–H and O–H groups in total. The van der Waals surface area contributed by atoms with Crippen molar-refractivity contribution in [2.45, 2.75) is 33.0 Å². The first kappa shape index (κ1) is 11.8. The quantitative estimate of drug-likeness (QED) is 0.395. The number of fused-ring (bicyclic) bond motifs is 4. The van der Waals surface area contributed by atoms with Gasteiger partial charge in [-0.25, -0.2) is 0 Å². The molecular weight excluding hydrogens is 340 g/mol. The first-order chi connectivity index (χ1) is 15.9. The van der Waals surface area contributed by atoms with Gasteiger partial charge in [0.25, 0.3) is 0 Å². The van der Waals surface area contributed by atoms with Gasteiger partial charge in [0.15, 0.2) is 0 Å². The van der Waals surface area contributed by atoms with Crippen LogP contribution in [0.1, 0.15) is 44.4 Å². The van der Waals surface area contributed by atoms with E-state index in [0.717, 1.165) is 27.7 Å². The second kappa shape index (κ2) is 5.75. The van der Waals surface area contributed by atoms with E-state index in [1.807, 2.05) is 38.2 Å². The Balaban J connectivity index is 1.87. The van der Waals surface area contributed by atoms with Crippen LogP contribution in [0.25, 0.3) is 33.3 Å². The van der Waals surface area contributed by atoms with Crippen LogP contribution in [0.2, 0.25) is 0 Å². The van der Waals surface area contributed by atoms with Crippen molar-refractivity contribution in [3.8, 4) is 22.4 Å². The molecule has 2 aromatic carbocycles. The molecule has 0 bridgehead atoms. The molecule has 0 saturated heterocycles. The molecule has 0 aliphatic heterocycles.